The molecule has 0 atom stereocenters. The van der Waals surface area contributed by atoms with Crippen LogP contribution in [0.3, 0.4) is 0 Å². The van der Waals surface area contributed by atoms with Crippen molar-refractivity contribution in [2.45, 2.75) is 13.3 Å². The Bertz CT molecular complexity index is 526. The average molecular weight is 261 g/mol. The zero-order valence-electron chi connectivity index (χ0n) is 8.87. The minimum absolute atomic E-state index is 0.0811. The highest BCUT2D eigenvalue weighted by Crippen LogP contribution is 2.25. The fourth-order valence-electron chi connectivity index (χ4n) is 1.34. The molecule has 0 spiro atoms. The monoisotopic (exact) mass is 260 g/mol. The Morgan fingerprint density at radius 3 is 2.69 bits per heavy atom. The first-order valence-corrected chi connectivity index (χ1v) is 5.57. The predicted octanol–water partition coefficient (Wildman–Crippen LogP) is 2.46. The van der Waals surface area contributed by atoms with E-state index in [-0.39, 0.29) is 10.4 Å². The topological polar surface area (TPSA) is 52.8 Å². The molecule has 0 aliphatic rings. The molecule has 2 heterocycles. The van der Waals surface area contributed by atoms with Crippen LogP contribution in [0.25, 0.3) is 11.2 Å². The second-order valence-electron chi connectivity index (χ2n) is 3.26. The van der Waals surface area contributed by atoms with Gasteiger partial charge >= 0.3 is 0 Å². The van der Waals surface area contributed by atoms with Crippen LogP contribution in [-0.4, -0.2) is 26.1 Å². The van der Waals surface area contributed by atoms with Crippen molar-refractivity contribution < 1.29 is 4.74 Å². The molecule has 0 aromatic carbocycles. The summed E-state index contributed by atoms with van der Waals surface area (Å²) in [7, 11) is 1.80. The first-order chi connectivity index (χ1) is 7.63. The molecule has 0 bridgehead atoms. The van der Waals surface area contributed by atoms with Gasteiger partial charge in [0.05, 0.1) is 6.61 Å². The third-order valence-electron chi connectivity index (χ3n) is 2.05. The van der Waals surface area contributed by atoms with E-state index in [9.17, 15) is 0 Å². The molecule has 0 aliphatic carbocycles. The van der Waals surface area contributed by atoms with Gasteiger partial charge < -0.3 is 4.74 Å². The van der Waals surface area contributed by atoms with Crippen LogP contribution in [0, 0.1) is 0 Å². The first-order valence-electron chi connectivity index (χ1n) is 4.81. The van der Waals surface area contributed by atoms with E-state index < -0.39 is 0 Å². The molecule has 0 saturated carbocycles. The fraction of sp³-hybridized carbons (Fsp3) is 0.444. The second-order valence-corrected chi connectivity index (χ2v) is 3.95. The maximum atomic E-state index is 5.96. The summed E-state index contributed by atoms with van der Waals surface area (Å²) in [6.45, 7) is 2.61. The minimum Gasteiger partial charge on any atom is -0.465 e. The van der Waals surface area contributed by atoms with Crippen LogP contribution in [0.5, 0.6) is 6.01 Å². The zero-order valence-corrected chi connectivity index (χ0v) is 10.4. The standard InChI is InChI=1S/C9H10Cl2N4O/c1-3-4-16-9-14-7-5(15(9)2)6(10)12-8(11)13-7/h3-4H2,1-2H3. The fourth-order valence-corrected chi connectivity index (χ4v) is 1.84. The number of imidazole rings is 1. The summed E-state index contributed by atoms with van der Waals surface area (Å²) in [5.41, 5.74) is 1.07. The van der Waals surface area contributed by atoms with Crippen molar-refractivity contribution in [3.8, 4) is 6.01 Å². The molecule has 0 saturated heterocycles. The molecular formula is C9H10Cl2N4O. The summed E-state index contributed by atoms with van der Waals surface area (Å²) >= 11 is 11.7. The Labute approximate surface area is 102 Å². The van der Waals surface area contributed by atoms with Gasteiger partial charge in [-0.1, -0.05) is 18.5 Å². The van der Waals surface area contributed by atoms with Gasteiger partial charge in [-0.05, 0) is 18.0 Å². The summed E-state index contributed by atoms with van der Waals surface area (Å²) in [6.07, 6.45) is 0.906. The van der Waals surface area contributed by atoms with Gasteiger partial charge in [-0.3, -0.25) is 4.57 Å². The van der Waals surface area contributed by atoms with Gasteiger partial charge in [-0.25, -0.2) is 4.98 Å². The number of hydrogen-bond acceptors (Lipinski definition) is 4. The number of fused-ring (bicyclic) bond motifs is 1. The van der Waals surface area contributed by atoms with Crippen LogP contribution in [0.4, 0.5) is 0 Å². The molecule has 0 amide bonds. The molecule has 0 N–H and O–H groups in total. The van der Waals surface area contributed by atoms with Crippen LogP contribution in [-0.2, 0) is 7.05 Å². The molecule has 0 unspecified atom stereocenters. The van der Waals surface area contributed by atoms with E-state index >= 15 is 0 Å². The normalized spacial score (nSPS) is 11.0. The Morgan fingerprint density at radius 1 is 1.25 bits per heavy atom. The number of halogens is 2. The number of aryl methyl sites for hydroxylation is 1. The van der Waals surface area contributed by atoms with Crippen LogP contribution < -0.4 is 4.74 Å². The highest BCUT2D eigenvalue weighted by Gasteiger charge is 2.14. The second kappa shape index (κ2) is 4.43. The van der Waals surface area contributed by atoms with E-state index in [1.807, 2.05) is 6.92 Å². The van der Waals surface area contributed by atoms with Crippen molar-refractivity contribution in [3.63, 3.8) is 0 Å². The number of hydrogen-bond donors (Lipinski definition) is 0. The summed E-state index contributed by atoms with van der Waals surface area (Å²) in [4.78, 5) is 12.0. The quantitative estimate of drug-likeness (QED) is 0.629. The van der Waals surface area contributed by atoms with Gasteiger partial charge in [0.25, 0.3) is 6.01 Å². The first kappa shape index (κ1) is 11.4. The molecule has 0 fully saturated rings. The van der Waals surface area contributed by atoms with E-state index in [0.29, 0.717) is 23.8 Å². The molecular weight excluding hydrogens is 251 g/mol. The maximum absolute atomic E-state index is 5.96. The third kappa shape index (κ3) is 1.92. The van der Waals surface area contributed by atoms with Crippen LogP contribution in [0.1, 0.15) is 13.3 Å². The lowest BCUT2D eigenvalue weighted by molar-refractivity contribution is 0.284. The van der Waals surface area contributed by atoms with Crippen LogP contribution >= 0.6 is 23.2 Å². The van der Waals surface area contributed by atoms with Crippen molar-refractivity contribution in [3.05, 3.63) is 10.4 Å². The predicted molar refractivity (Wildman–Crippen MR) is 62.1 cm³/mol. The van der Waals surface area contributed by atoms with E-state index in [4.69, 9.17) is 27.9 Å². The van der Waals surface area contributed by atoms with E-state index in [1.165, 1.54) is 0 Å². The van der Waals surface area contributed by atoms with E-state index in [0.717, 1.165) is 6.42 Å². The lowest BCUT2D eigenvalue weighted by Gasteiger charge is -2.03. The molecule has 86 valence electrons. The summed E-state index contributed by atoms with van der Waals surface area (Å²) in [6, 6.07) is 0.468. The maximum Gasteiger partial charge on any atom is 0.298 e. The highest BCUT2D eigenvalue weighted by atomic mass is 35.5. The van der Waals surface area contributed by atoms with Crippen LogP contribution in [0.2, 0.25) is 10.4 Å². The number of aromatic nitrogens is 4. The molecule has 5 nitrogen and oxygen atoms in total. The lowest BCUT2D eigenvalue weighted by atomic mass is 10.5. The van der Waals surface area contributed by atoms with Crippen molar-refractivity contribution in [2.24, 2.45) is 7.05 Å². The average Bonchev–Trinajstić information content (AvgIpc) is 2.52. The molecule has 0 radical (unpaired) electrons. The number of nitrogens with zero attached hydrogens (tertiary/aromatic N) is 4. The van der Waals surface area contributed by atoms with Gasteiger partial charge in [-0.15, -0.1) is 0 Å². The summed E-state index contributed by atoms with van der Waals surface area (Å²) in [5, 5.41) is 0.356. The minimum atomic E-state index is 0.0811. The molecule has 16 heavy (non-hydrogen) atoms. The Morgan fingerprint density at radius 2 is 2.00 bits per heavy atom. The van der Waals surface area contributed by atoms with E-state index in [1.54, 1.807) is 11.6 Å². The third-order valence-corrected chi connectivity index (χ3v) is 2.49. The summed E-state index contributed by atoms with van der Waals surface area (Å²) in [5.74, 6) is 0. The Kier molecular flexibility index (Phi) is 3.16. The van der Waals surface area contributed by atoms with Gasteiger partial charge in [0, 0.05) is 7.05 Å². The van der Waals surface area contributed by atoms with Crippen molar-refractivity contribution in [1.82, 2.24) is 19.5 Å². The van der Waals surface area contributed by atoms with Gasteiger partial charge in [0.15, 0.2) is 10.8 Å². The molecule has 0 aliphatic heterocycles. The number of rotatable bonds is 3. The van der Waals surface area contributed by atoms with Crippen molar-refractivity contribution in [1.29, 1.82) is 0 Å². The van der Waals surface area contributed by atoms with E-state index in [2.05, 4.69) is 15.0 Å². The lowest BCUT2D eigenvalue weighted by Crippen LogP contribution is -2.01. The molecule has 2 rings (SSSR count). The smallest absolute Gasteiger partial charge is 0.298 e. The summed E-state index contributed by atoms with van der Waals surface area (Å²) < 4.78 is 7.16. The molecule has 7 heteroatoms. The molecule has 2 aromatic rings. The zero-order chi connectivity index (χ0) is 11.7. The Balaban J connectivity index is 2.54. The van der Waals surface area contributed by atoms with Gasteiger partial charge in [0.2, 0.25) is 5.28 Å². The number of ether oxygens (including phenoxy) is 1. The van der Waals surface area contributed by atoms with Gasteiger partial charge in [-0.2, -0.15) is 9.97 Å². The van der Waals surface area contributed by atoms with Gasteiger partial charge in [0.1, 0.15) is 5.52 Å². The van der Waals surface area contributed by atoms with Crippen molar-refractivity contribution in [2.75, 3.05) is 6.61 Å². The largest absolute Gasteiger partial charge is 0.465 e. The highest BCUT2D eigenvalue weighted by molar-refractivity contribution is 6.35. The SMILES string of the molecule is CCCOc1nc2nc(Cl)nc(Cl)c2n1C. The Hall–Kier alpha value is -1.07. The molecule has 2 aromatic heterocycles. The van der Waals surface area contributed by atoms with Crippen LogP contribution in [0.15, 0.2) is 0 Å². The van der Waals surface area contributed by atoms with Crippen molar-refractivity contribution >= 4 is 34.4 Å².